The molecule has 54 heavy (non-hydrogen) atoms. The molecule has 0 aromatic carbocycles. The van der Waals surface area contributed by atoms with Crippen LogP contribution in [0, 0.1) is 0 Å². The monoisotopic (exact) mass is 763 g/mol. The second-order valence-corrected chi connectivity index (χ2v) is 16.0. The van der Waals surface area contributed by atoms with Crippen LogP contribution < -0.4 is 0 Å². The Morgan fingerprint density at radius 3 is 1.52 bits per heavy atom. The minimum atomic E-state index is -0.880. The summed E-state index contributed by atoms with van der Waals surface area (Å²) in [6.45, 7) is 4.65. The molecular formula is C46H84NO7+. The van der Waals surface area contributed by atoms with Gasteiger partial charge in [-0.3, -0.25) is 9.59 Å². The molecule has 8 heteroatoms. The SMILES string of the molecule is CCCC/C=C/C=C/CCCCCC(=O)OCC(COCCC(C(=O)O)[N+](C)(C)C)OC(=O)CCCCCCCCC/C=C/CCCCCCCCCC. The highest BCUT2D eigenvalue weighted by Gasteiger charge is 2.31. The summed E-state index contributed by atoms with van der Waals surface area (Å²) in [5.41, 5.74) is 0. The maximum atomic E-state index is 12.7. The molecule has 0 aliphatic carbocycles. The van der Waals surface area contributed by atoms with Crippen LogP contribution >= 0.6 is 0 Å². The van der Waals surface area contributed by atoms with E-state index in [0.717, 1.165) is 51.4 Å². The zero-order valence-electron chi connectivity index (χ0n) is 35.7. The first-order chi connectivity index (χ1) is 26.1. The third-order valence-corrected chi connectivity index (χ3v) is 9.79. The van der Waals surface area contributed by atoms with Gasteiger partial charge >= 0.3 is 17.9 Å². The summed E-state index contributed by atoms with van der Waals surface area (Å²) >= 11 is 0. The average molecular weight is 763 g/mol. The van der Waals surface area contributed by atoms with Crippen molar-refractivity contribution in [1.82, 2.24) is 0 Å². The van der Waals surface area contributed by atoms with Crippen LogP contribution in [-0.2, 0) is 28.6 Å². The molecule has 0 spiro atoms. The van der Waals surface area contributed by atoms with Gasteiger partial charge in [0.25, 0.3) is 0 Å². The van der Waals surface area contributed by atoms with Crippen LogP contribution in [0.3, 0.4) is 0 Å². The predicted molar refractivity (Wildman–Crippen MR) is 225 cm³/mol. The first-order valence-electron chi connectivity index (χ1n) is 22.0. The Hall–Kier alpha value is -2.45. The first-order valence-corrected chi connectivity index (χ1v) is 22.0. The van der Waals surface area contributed by atoms with Gasteiger partial charge in [-0.25, -0.2) is 4.79 Å². The smallest absolute Gasteiger partial charge is 0.362 e. The molecule has 0 bridgehead atoms. The molecule has 0 aromatic rings. The van der Waals surface area contributed by atoms with Crippen LogP contribution in [0.2, 0.25) is 0 Å². The van der Waals surface area contributed by atoms with Crippen LogP contribution in [0.4, 0.5) is 0 Å². The van der Waals surface area contributed by atoms with E-state index in [1.807, 2.05) is 21.1 Å². The van der Waals surface area contributed by atoms with Gasteiger partial charge in [0.1, 0.15) is 6.61 Å². The van der Waals surface area contributed by atoms with Gasteiger partial charge in [-0.2, -0.15) is 0 Å². The van der Waals surface area contributed by atoms with Gasteiger partial charge in [-0.1, -0.05) is 147 Å². The zero-order chi connectivity index (χ0) is 40.0. The predicted octanol–water partition coefficient (Wildman–Crippen LogP) is 11.9. The van der Waals surface area contributed by atoms with Crippen LogP contribution in [0.25, 0.3) is 0 Å². The molecule has 0 saturated carbocycles. The molecule has 0 saturated heterocycles. The molecule has 0 radical (unpaired) electrons. The molecule has 8 nitrogen and oxygen atoms in total. The van der Waals surface area contributed by atoms with Crippen LogP contribution in [-0.4, -0.2) is 80.6 Å². The summed E-state index contributed by atoms with van der Waals surface area (Å²) in [6.07, 6.45) is 41.9. The lowest BCUT2D eigenvalue weighted by Crippen LogP contribution is -2.50. The standard InChI is InChI=1S/C46H83NO7/c1-6-8-10-12-14-16-18-19-20-21-22-23-24-25-27-29-31-33-35-37-45(49)54-42(40-52-39-38-43(46(50)51)47(3,4)5)41-53-44(48)36-34-32-30-28-26-17-15-13-11-9-7-2/h13,15,17,21-22,26,42-43H,6-12,14,16,18-20,23-25,27-41H2,1-5H3/p+1/b15-13+,22-21+,26-17+. The Balaban J connectivity index is 4.33. The van der Waals surface area contributed by atoms with E-state index in [1.54, 1.807) is 0 Å². The molecule has 0 aliphatic heterocycles. The third kappa shape index (κ3) is 35.3. The Bertz CT molecular complexity index is 984. The van der Waals surface area contributed by atoms with Gasteiger partial charge in [0.15, 0.2) is 12.1 Å². The summed E-state index contributed by atoms with van der Waals surface area (Å²) in [5, 5.41) is 9.61. The number of allylic oxidation sites excluding steroid dienone is 6. The normalized spacial score (nSPS) is 13.3. The Labute approximate surface area is 332 Å². The number of hydrogen-bond acceptors (Lipinski definition) is 6. The summed E-state index contributed by atoms with van der Waals surface area (Å²) in [6, 6.07) is -0.618. The van der Waals surface area contributed by atoms with E-state index in [9.17, 15) is 19.5 Å². The van der Waals surface area contributed by atoms with Crippen molar-refractivity contribution < 1.29 is 38.2 Å². The minimum absolute atomic E-state index is 0.0517. The highest BCUT2D eigenvalue weighted by Crippen LogP contribution is 2.14. The van der Waals surface area contributed by atoms with Crippen molar-refractivity contribution in [3.05, 3.63) is 36.5 Å². The molecule has 0 heterocycles. The van der Waals surface area contributed by atoms with Crippen molar-refractivity contribution in [2.75, 3.05) is 41.0 Å². The number of nitrogens with zero attached hydrogens (tertiary/aromatic N) is 1. The van der Waals surface area contributed by atoms with Crippen LogP contribution in [0.1, 0.15) is 187 Å². The Morgan fingerprint density at radius 1 is 0.556 bits per heavy atom. The molecule has 2 atom stereocenters. The lowest BCUT2D eigenvalue weighted by atomic mass is 10.1. The number of carboxylic acid groups (broad SMARTS) is 1. The molecule has 0 aromatic heterocycles. The second-order valence-electron chi connectivity index (χ2n) is 16.0. The Morgan fingerprint density at radius 2 is 1.00 bits per heavy atom. The maximum absolute atomic E-state index is 12.7. The van der Waals surface area contributed by atoms with Gasteiger partial charge in [0, 0.05) is 19.3 Å². The molecule has 0 amide bonds. The zero-order valence-corrected chi connectivity index (χ0v) is 35.7. The average Bonchev–Trinajstić information content (AvgIpc) is 3.12. The number of carbonyl (C=O) groups excluding carboxylic acids is 2. The van der Waals surface area contributed by atoms with Crippen molar-refractivity contribution >= 4 is 17.9 Å². The third-order valence-electron chi connectivity index (χ3n) is 9.79. The van der Waals surface area contributed by atoms with Gasteiger partial charge in [0.2, 0.25) is 0 Å². The van der Waals surface area contributed by atoms with E-state index < -0.39 is 18.1 Å². The quantitative estimate of drug-likeness (QED) is 0.0219. The van der Waals surface area contributed by atoms with Crippen molar-refractivity contribution in [3.8, 4) is 0 Å². The van der Waals surface area contributed by atoms with Gasteiger partial charge in [-0.15, -0.1) is 0 Å². The number of likely N-dealkylation sites (N-methyl/N-ethyl adjacent to an activating group) is 1. The van der Waals surface area contributed by atoms with Crippen molar-refractivity contribution in [1.29, 1.82) is 0 Å². The number of quaternary nitrogens is 1. The van der Waals surface area contributed by atoms with Crippen molar-refractivity contribution in [2.24, 2.45) is 0 Å². The summed E-state index contributed by atoms with van der Waals surface area (Å²) in [7, 11) is 5.51. The highest BCUT2D eigenvalue weighted by molar-refractivity contribution is 5.72. The number of carbonyl (C=O) groups is 3. The van der Waals surface area contributed by atoms with Crippen LogP contribution in [0.15, 0.2) is 36.5 Å². The highest BCUT2D eigenvalue weighted by atomic mass is 16.6. The fourth-order valence-electron chi connectivity index (χ4n) is 6.30. The number of ether oxygens (including phenoxy) is 3. The van der Waals surface area contributed by atoms with E-state index in [2.05, 4.69) is 50.3 Å². The van der Waals surface area contributed by atoms with Crippen molar-refractivity contribution in [3.63, 3.8) is 0 Å². The molecule has 314 valence electrons. The Kier molecular flexibility index (Phi) is 35.8. The molecule has 0 aliphatic rings. The fourth-order valence-corrected chi connectivity index (χ4v) is 6.30. The summed E-state index contributed by atoms with van der Waals surface area (Å²) in [5.74, 6) is -1.51. The number of unbranched alkanes of at least 4 members (excludes halogenated alkanes) is 20. The van der Waals surface area contributed by atoms with Gasteiger partial charge in [0.05, 0.1) is 34.4 Å². The maximum Gasteiger partial charge on any atom is 0.362 e. The molecule has 2 unspecified atom stereocenters. The lowest BCUT2D eigenvalue weighted by molar-refractivity contribution is -0.887. The molecular weight excluding hydrogens is 679 g/mol. The fraction of sp³-hybridized carbons (Fsp3) is 0.804. The van der Waals surface area contributed by atoms with E-state index in [0.29, 0.717) is 19.3 Å². The minimum Gasteiger partial charge on any atom is -0.477 e. The first kappa shape index (κ1) is 51.5. The van der Waals surface area contributed by atoms with Crippen LogP contribution in [0.5, 0.6) is 0 Å². The van der Waals surface area contributed by atoms with E-state index in [4.69, 9.17) is 14.2 Å². The van der Waals surface area contributed by atoms with Crippen molar-refractivity contribution in [2.45, 2.75) is 199 Å². The summed E-state index contributed by atoms with van der Waals surface area (Å²) < 4.78 is 17.2. The molecule has 1 N–H and O–H groups in total. The topological polar surface area (TPSA) is 99.1 Å². The summed E-state index contributed by atoms with van der Waals surface area (Å²) in [4.78, 5) is 36.9. The lowest BCUT2D eigenvalue weighted by Gasteiger charge is -2.31. The van der Waals surface area contributed by atoms with E-state index in [1.165, 1.54) is 103 Å². The van der Waals surface area contributed by atoms with Gasteiger partial charge < -0.3 is 23.8 Å². The second kappa shape index (κ2) is 37.5. The number of carboxylic acids is 1. The number of hydrogen-bond donors (Lipinski definition) is 1. The molecule has 0 rings (SSSR count). The number of aliphatic carboxylic acids is 1. The number of rotatable bonds is 39. The van der Waals surface area contributed by atoms with E-state index >= 15 is 0 Å². The number of esters is 2. The largest absolute Gasteiger partial charge is 0.477 e. The van der Waals surface area contributed by atoms with E-state index in [-0.39, 0.29) is 36.2 Å². The van der Waals surface area contributed by atoms with Gasteiger partial charge in [-0.05, 0) is 57.8 Å². The molecule has 0 fully saturated rings.